The lowest BCUT2D eigenvalue weighted by atomic mass is 9.90. The molecule has 0 aliphatic carbocycles. The van der Waals surface area contributed by atoms with Gasteiger partial charge in [-0.15, -0.1) is 23.7 Å². The first-order chi connectivity index (χ1) is 13.5. The molecule has 29 heavy (non-hydrogen) atoms. The van der Waals surface area contributed by atoms with Crippen molar-refractivity contribution in [3.8, 4) is 11.3 Å². The fourth-order valence-electron chi connectivity index (χ4n) is 3.71. The van der Waals surface area contributed by atoms with Gasteiger partial charge in [-0.25, -0.2) is 4.98 Å². The minimum absolute atomic E-state index is 0. The van der Waals surface area contributed by atoms with Crippen LogP contribution in [-0.4, -0.2) is 33.8 Å². The molecule has 1 fully saturated rings. The highest BCUT2D eigenvalue weighted by molar-refractivity contribution is 7.16. The van der Waals surface area contributed by atoms with Gasteiger partial charge in [0.15, 0.2) is 5.13 Å². The summed E-state index contributed by atoms with van der Waals surface area (Å²) < 4.78 is 1.78. The van der Waals surface area contributed by atoms with Crippen LogP contribution in [0.15, 0.2) is 42.7 Å². The highest BCUT2D eigenvalue weighted by Crippen LogP contribution is 2.37. The van der Waals surface area contributed by atoms with E-state index in [4.69, 9.17) is 4.98 Å². The fraction of sp³-hybridized carbons (Fsp3) is 0.381. The Labute approximate surface area is 181 Å². The fourth-order valence-corrected chi connectivity index (χ4v) is 4.71. The number of thiazole rings is 1. The van der Waals surface area contributed by atoms with E-state index >= 15 is 0 Å². The summed E-state index contributed by atoms with van der Waals surface area (Å²) in [4.78, 5) is 19.0. The van der Waals surface area contributed by atoms with Gasteiger partial charge in [-0.1, -0.05) is 44.2 Å². The van der Waals surface area contributed by atoms with Gasteiger partial charge in [0.05, 0.1) is 17.8 Å². The Bertz CT molecular complexity index is 969. The largest absolute Gasteiger partial charge is 0.315 e. The number of hydrogen-bond donors (Lipinski definition) is 2. The number of halogens is 1. The van der Waals surface area contributed by atoms with Crippen LogP contribution in [-0.2, 0) is 11.8 Å². The first-order valence-electron chi connectivity index (χ1n) is 9.59. The van der Waals surface area contributed by atoms with E-state index in [-0.39, 0.29) is 30.2 Å². The quantitative estimate of drug-likeness (QED) is 0.639. The maximum absolute atomic E-state index is 13.0. The number of carbonyl (C=O) groups is 1. The lowest BCUT2D eigenvalue weighted by Gasteiger charge is -2.15. The lowest BCUT2D eigenvalue weighted by molar-refractivity contribution is -0.119. The molecule has 2 N–H and O–H groups in total. The van der Waals surface area contributed by atoms with Crippen molar-refractivity contribution in [2.24, 2.45) is 13.0 Å². The molecule has 1 aliphatic rings. The maximum atomic E-state index is 13.0. The molecule has 0 saturated carbocycles. The topological polar surface area (TPSA) is 71.8 Å². The second-order valence-corrected chi connectivity index (χ2v) is 8.59. The number of amides is 1. The smallest absolute Gasteiger partial charge is 0.231 e. The number of anilines is 1. The van der Waals surface area contributed by atoms with E-state index in [0.29, 0.717) is 17.6 Å². The Hall–Kier alpha value is -2.22. The summed E-state index contributed by atoms with van der Waals surface area (Å²) >= 11 is 1.57. The lowest BCUT2D eigenvalue weighted by Crippen LogP contribution is -2.28. The predicted octanol–water partition coefficient (Wildman–Crippen LogP) is 4.03. The van der Waals surface area contributed by atoms with Gasteiger partial charge >= 0.3 is 0 Å². The van der Waals surface area contributed by atoms with Crippen LogP contribution >= 0.6 is 23.7 Å². The SMILES string of the molecule is CC(C)c1sc(NC(=O)[C@H]2CNC[C@@H]2c2cnn(C)c2)nc1-c1ccccc1.Cl. The Morgan fingerprint density at radius 1 is 1.28 bits per heavy atom. The Balaban J connectivity index is 0.00000240. The molecule has 2 aromatic heterocycles. The summed E-state index contributed by atoms with van der Waals surface area (Å²) in [6, 6.07) is 10.1. The number of aryl methyl sites for hydroxylation is 1. The van der Waals surface area contributed by atoms with Crippen LogP contribution in [0, 0.1) is 5.92 Å². The van der Waals surface area contributed by atoms with Crippen LogP contribution in [0.5, 0.6) is 0 Å². The van der Waals surface area contributed by atoms with E-state index < -0.39 is 0 Å². The third-order valence-electron chi connectivity index (χ3n) is 5.16. The normalized spacial score (nSPS) is 18.6. The first kappa shape index (κ1) is 21.5. The number of carbonyl (C=O) groups excluding carboxylic acids is 1. The summed E-state index contributed by atoms with van der Waals surface area (Å²) in [5, 5.41) is 11.3. The second kappa shape index (κ2) is 9.07. The molecule has 1 aliphatic heterocycles. The van der Waals surface area contributed by atoms with Crippen molar-refractivity contribution in [3.05, 3.63) is 53.2 Å². The highest BCUT2D eigenvalue weighted by Gasteiger charge is 2.35. The van der Waals surface area contributed by atoms with Crippen molar-refractivity contribution in [2.75, 3.05) is 18.4 Å². The summed E-state index contributed by atoms with van der Waals surface area (Å²) in [6.45, 7) is 5.77. The van der Waals surface area contributed by atoms with Crippen LogP contribution in [0.2, 0.25) is 0 Å². The summed E-state index contributed by atoms with van der Waals surface area (Å²) in [5.74, 6) is 0.361. The van der Waals surface area contributed by atoms with Crippen molar-refractivity contribution < 1.29 is 4.79 Å². The number of nitrogens with one attached hydrogen (secondary N) is 2. The minimum Gasteiger partial charge on any atom is -0.315 e. The molecular weight excluding hydrogens is 406 g/mol. The highest BCUT2D eigenvalue weighted by atomic mass is 35.5. The Morgan fingerprint density at radius 2 is 2.03 bits per heavy atom. The number of rotatable bonds is 5. The third kappa shape index (κ3) is 4.52. The predicted molar refractivity (Wildman–Crippen MR) is 120 cm³/mol. The van der Waals surface area contributed by atoms with E-state index in [1.807, 2.05) is 37.6 Å². The molecule has 6 nitrogen and oxygen atoms in total. The first-order valence-corrected chi connectivity index (χ1v) is 10.4. The molecule has 1 saturated heterocycles. The molecule has 4 rings (SSSR count). The van der Waals surface area contributed by atoms with Gasteiger partial charge in [0, 0.05) is 42.7 Å². The van der Waals surface area contributed by atoms with Crippen LogP contribution in [0.25, 0.3) is 11.3 Å². The molecule has 0 bridgehead atoms. The van der Waals surface area contributed by atoms with Crippen LogP contribution in [0.4, 0.5) is 5.13 Å². The molecule has 0 unspecified atom stereocenters. The summed E-state index contributed by atoms with van der Waals surface area (Å²) in [5.41, 5.74) is 3.14. The van der Waals surface area contributed by atoms with Crippen LogP contribution < -0.4 is 10.6 Å². The van der Waals surface area contributed by atoms with Gasteiger partial charge in [-0.3, -0.25) is 9.48 Å². The minimum atomic E-state index is -0.129. The molecule has 154 valence electrons. The molecule has 0 spiro atoms. The summed E-state index contributed by atoms with van der Waals surface area (Å²) in [6.07, 6.45) is 3.84. The Morgan fingerprint density at radius 3 is 2.69 bits per heavy atom. The van der Waals surface area contributed by atoms with E-state index in [0.717, 1.165) is 23.4 Å². The zero-order valence-corrected chi connectivity index (χ0v) is 18.4. The van der Waals surface area contributed by atoms with Crippen LogP contribution in [0.1, 0.15) is 36.1 Å². The van der Waals surface area contributed by atoms with E-state index in [2.05, 4.69) is 41.7 Å². The average Bonchev–Trinajstić information content (AvgIpc) is 3.41. The van der Waals surface area contributed by atoms with E-state index in [1.165, 1.54) is 4.88 Å². The molecule has 3 heterocycles. The summed E-state index contributed by atoms with van der Waals surface area (Å²) in [7, 11) is 1.90. The Kier molecular flexibility index (Phi) is 6.72. The third-order valence-corrected chi connectivity index (χ3v) is 6.43. The molecule has 1 aromatic carbocycles. The number of hydrogen-bond acceptors (Lipinski definition) is 5. The van der Waals surface area contributed by atoms with Gasteiger partial charge in [0.2, 0.25) is 5.91 Å². The van der Waals surface area contributed by atoms with E-state index in [1.54, 1.807) is 16.0 Å². The monoisotopic (exact) mass is 431 g/mol. The molecule has 8 heteroatoms. The van der Waals surface area contributed by atoms with E-state index in [9.17, 15) is 4.79 Å². The van der Waals surface area contributed by atoms with Gasteiger partial charge in [0.1, 0.15) is 0 Å². The van der Waals surface area contributed by atoms with Gasteiger partial charge < -0.3 is 10.6 Å². The number of aromatic nitrogens is 3. The number of benzene rings is 1. The van der Waals surface area contributed by atoms with Crippen molar-refractivity contribution in [2.45, 2.75) is 25.7 Å². The molecule has 2 atom stereocenters. The number of nitrogens with zero attached hydrogens (tertiary/aromatic N) is 3. The maximum Gasteiger partial charge on any atom is 0.231 e. The van der Waals surface area contributed by atoms with Crippen molar-refractivity contribution in [3.63, 3.8) is 0 Å². The molecule has 3 aromatic rings. The van der Waals surface area contributed by atoms with Gasteiger partial charge in [-0.2, -0.15) is 5.10 Å². The molecule has 1 amide bonds. The average molecular weight is 432 g/mol. The second-order valence-electron chi connectivity index (χ2n) is 7.56. The van der Waals surface area contributed by atoms with Crippen molar-refractivity contribution in [1.29, 1.82) is 0 Å². The van der Waals surface area contributed by atoms with Gasteiger partial charge in [-0.05, 0) is 11.5 Å². The van der Waals surface area contributed by atoms with Crippen LogP contribution in [0.3, 0.4) is 0 Å². The molecular formula is C21H26ClN5OS. The zero-order valence-electron chi connectivity index (χ0n) is 16.8. The van der Waals surface area contributed by atoms with Gasteiger partial charge in [0.25, 0.3) is 0 Å². The zero-order chi connectivity index (χ0) is 19.7. The standard InChI is InChI=1S/C21H25N5OS.ClH/c1-13(2)19-18(14-7-5-4-6-8-14)24-21(28-19)25-20(27)17-11-22-10-16(17)15-9-23-26(3)12-15;/h4-9,12-13,16-17,22H,10-11H2,1-3H3,(H,24,25,27);1H/t16-,17+;/m1./s1. The molecule has 0 radical (unpaired) electrons. The van der Waals surface area contributed by atoms with Crippen molar-refractivity contribution in [1.82, 2.24) is 20.1 Å². The van der Waals surface area contributed by atoms with Crippen molar-refractivity contribution >= 4 is 34.8 Å².